The van der Waals surface area contributed by atoms with Crippen LogP contribution in [-0.2, 0) is 6.42 Å². The Bertz CT molecular complexity index is 406. The number of aryl methyl sites for hydroxylation is 2. The first kappa shape index (κ1) is 16.2. The van der Waals surface area contributed by atoms with E-state index >= 15 is 0 Å². The van der Waals surface area contributed by atoms with Gasteiger partial charge in [-0.3, -0.25) is 4.90 Å². The molecule has 2 N–H and O–H groups in total. The molecular formula is C17H30N2. The highest BCUT2D eigenvalue weighted by atomic mass is 15.2. The SMILES string of the molecule is CCN(CC)C(C)(C)C(N)Cc1cc(C)ccc1C. The number of nitrogens with zero attached hydrogens (tertiary/aromatic N) is 1. The number of likely N-dealkylation sites (N-methyl/N-ethyl adjacent to an activating group) is 1. The summed E-state index contributed by atoms with van der Waals surface area (Å²) in [5.41, 5.74) is 10.6. The molecule has 0 bridgehead atoms. The highest BCUT2D eigenvalue weighted by Crippen LogP contribution is 2.22. The second-order valence-electron chi connectivity index (χ2n) is 6.07. The Morgan fingerprint density at radius 1 is 1.16 bits per heavy atom. The van der Waals surface area contributed by atoms with Crippen molar-refractivity contribution >= 4 is 0 Å². The molecule has 0 amide bonds. The topological polar surface area (TPSA) is 29.3 Å². The summed E-state index contributed by atoms with van der Waals surface area (Å²) in [5, 5.41) is 0. The second kappa shape index (κ2) is 6.53. The lowest BCUT2D eigenvalue weighted by Crippen LogP contribution is -2.56. The molecule has 108 valence electrons. The Hall–Kier alpha value is -0.860. The molecule has 1 aromatic rings. The van der Waals surface area contributed by atoms with Crippen molar-refractivity contribution in [2.45, 2.75) is 59.5 Å². The van der Waals surface area contributed by atoms with Crippen LogP contribution in [0.4, 0.5) is 0 Å². The fourth-order valence-electron chi connectivity index (χ4n) is 2.78. The molecular weight excluding hydrogens is 232 g/mol. The maximum Gasteiger partial charge on any atom is 0.0307 e. The molecule has 0 spiro atoms. The van der Waals surface area contributed by atoms with Crippen molar-refractivity contribution in [3.05, 3.63) is 34.9 Å². The van der Waals surface area contributed by atoms with Gasteiger partial charge in [0.2, 0.25) is 0 Å². The molecule has 1 rings (SSSR count). The van der Waals surface area contributed by atoms with E-state index in [0.29, 0.717) is 0 Å². The van der Waals surface area contributed by atoms with Crippen LogP contribution in [0.1, 0.15) is 44.4 Å². The van der Waals surface area contributed by atoms with Crippen molar-refractivity contribution in [2.24, 2.45) is 5.73 Å². The molecule has 0 aliphatic heterocycles. The van der Waals surface area contributed by atoms with Crippen molar-refractivity contribution in [1.29, 1.82) is 0 Å². The second-order valence-corrected chi connectivity index (χ2v) is 6.07. The van der Waals surface area contributed by atoms with Crippen molar-refractivity contribution in [2.75, 3.05) is 13.1 Å². The smallest absolute Gasteiger partial charge is 0.0307 e. The Morgan fingerprint density at radius 3 is 2.26 bits per heavy atom. The fourth-order valence-corrected chi connectivity index (χ4v) is 2.78. The van der Waals surface area contributed by atoms with Gasteiger partial charge in [-0.15, -0.1) is 0 Å². The molecule has 0 radical (unpaired) electrons. The predicted octanol–water partition coefficient (Wildman–Crippen LogP) is 3.29. The van der Waals surface area contributed by atoms with Crippen LogP contribution in [0.5, 0.6) is 0 Å². The lowest BCUT2D eigenvalue weighted by atomic mass is 9.86. The zero-order valence-electron chi connectivity index (χ0n) is 13.5. The number of rotatable bonds is 6. The quantitative estimate of drug-likeness (QED) is 0.852. The molecule has 19 heavy (non-hydrogen) atoms. The van der Waals surface area contributed by atoms with Gasteiger partial charge in [0.25, 0.3) is 0 Å². The number of benzene rings is 1. The third-order valence-electron chi connectivity index (χ3n) is 4.43. The van der Waals surface area contributed by atoms with Crippen LogP contribution in [0.25, 0.3) is 0 Å². The first-order valence-corrected chi connectivity index (χ1v) is 7.39. The zero-order valence-corrected chi connectivity index (χ0v) is 13.5. The van der Waals surface area contributed by atoms with E-state index in [2.05, 4.69) is 64.6 Å². The Morgan fingerprint density at radius 2 is 1.74 bits per heavy atom. The maximum absolute atomic E-state index is 6.51. The average molecular weight is 262 g/mol. The molecule has 0 aliphatic rings. The van der Waals surface area contributed by atoms with Gasteiger partial charge in [0.15, 0.2) is 0 Å². The van der Waals surface area contributed by atoms with E-state index < -0.39 is 0 Å². The first-order chi connectivity index (χ1) is 8.82. The van der Waals surface area contributed by atoms with E-state index in [1.165, 1.54) is 16.7 Å². The summed E-state index contributed by atoms with van der Waals surface area (Å²) in [6, 6.07) is 6.78. The molecule has 1 unspecified atom stereocenters. The van der Waals surface area contributed by atoms with Crippen LogP contribution in [0, 0.1) is 13.8 Å². The molecule has 0 aromatic heterocycles. The average Bonchev–Trinajstić information content (AvgIpc) is 2.35. The largest absolute Gasteiger partial charge is 0.326 e. The van der Waals surface area contributed by atoms with Gasteiger partial charge in [0.05, 0.1) is 0 Å². The van der Waals surface area contributed by atoms with Crippen LogP contribution >= 0.6 is 0 Å². The molecule has 0 fully saturated rings. The van der Waals surface area contributed by atoms with Crippen molar-refractivity contribution in [3.8, 4) is 0 Å². The molecule has 0 saturated carbocycles. The fraction of sp³-hybridized carbons (Fsp3) is 0.647. The first-order valence-electron chi connectivity index (χ1n) is 7.39. The van der Waals surface area contributed by atoms with Gasteiger partial charge in [0.1, 0.15) is 0 Å². The summed E-state index contributed by atoms with van der Waals surface area (Å²) in [6.07, 6.45) is 0.941. The van der Waals surface area contributed by atoms with Crippen LogP contribution in [0.3, 0.4) is 0 Å². The molecule has 0 heterocycles. The van der Waals surface area contributed by atoms with Gasteiger partial charge in [0, 0.05) is 11.6 Å². The molecule has 2 heteroatoms. The monoisotopic (exact) mass is 262 g/mol. The Kier molecular flexibility index (Phi) is 5.57. The Balaban J connectivity index is 2.89. The minimum absolute atomic E-state index is 0.0275. The van der Waals surface area contributed by atoms with Crippen LogP contribution in [0.2, 0.25) is 0 Å². The maximum atomic E-state index is 6.51. The van der Waals surface area contributed by atoms with Gasteiger partial charge >= 0.3 is 0 Å². The van der Waals surface area contributed by atoms with Crippen molar-refractivity contribution < 1.29 is 0 Å². The molecule has 2 nitrogen and oxygen atoms in total. The normalized spacial score (nSPS) is 13.9. The molecule has 1 atom stereocenters. The number of hydrogen-bond acceptors (Lipinski definition) is 2. The van der Waals surface area contributed by atoms with Crippen molar-refractivity contribution in [1.82, 2.24) is 4.90 Å². The summed E-state index contributed by atoms with van der Waals surface area (Å²) in [5.74, 6) is 0. The van der Waals surface area contributed by atoms with E-state index in [-0.39, 0.29) is 11.6 Å². The van der Waals surface area contributed by atoms with E-state index in [0.717, 1.165) is 19.5 Å². The standard InChI is InChI=1S/C17H30N2/c1-7-19(8-2)17(5,6)16(18)12-15-11-13(3)9-10-14(15)4/h9-11,16H,7-8,12,18H2,1-6H3. The minimum Gasteiger partial charge on any atom is -0.326 e. The predicted molar refractivity (Wildman–Crippen MR) is 84.6 cm³/mol. The van der Waals surface area contributed by atoms with E-state index in [9.17, 15) is 0 Å². The molecule has 0 saturated heterocycles. The van der Waals surface area contributed by atoms with Gasteiger partial charge < -0.3 is 5.73 Å². The molecule has 0 aliphatic carbocycles. The van der Waals surface area contributed by atoms with E-state index in [1.54, 1.807) is 0 Å². The van der Waals surface area contributed by atoms with Gasteiger partial charge in [-0.25, -0.2) is 0 Å². The molecule has 1 aromatic carbocycles. The summed E-state index contributed by atoms with van der Waals surface area (Å²) in [6.45, 7) is 15.3. The summed E-state index contributed by atoms with van der Waals surface area (Å²) >= 11 is 0. The van der Waals surface area contributed by atoms with Crippen LogP contribution < -0.4 is 5.73 Å². The van der Waals surface area contributed by atoms with Crippen LogP contribution in [0.15, 0.2) is 18.2 Å². The van der Waals surface area contributed by atoms with Crippen molar-refractivity contribution in [3.63, 3.8) is 0 Å². The zero-order chi connectivity index (χ0) is 14.6. The van der Waals surface area contributed by atoms with Gasteiger partial charge in [-0.2, -0.15) is 0 Å². The highest BCUT2D eigenvalue weighted by Gasteiger charge is 2.31. The van der Waals surface area contributed by atoms with E-state index in [1.807, 2.05) is 0 Å². The van der Waals surface area contributed by atoms with Crippen LogP contribution in [-0.4, -0.2) is 29.6 Å². The summed E-state index contributed by atoms with van der Waals surface area (Å²) < 4.78 is 0. The Labute approximate surface area is 119 Å². The lowest BCUT2D eigenvalue weighted by molar-refractivity contribution is 0.106. The number of hydrogen-bond donors (Lipinski definition) is 1. The minimum atomic E-state index is 0.0275. The van der Waals surface area contributed by atoms with E-state index in [4.69, 9.17) is 5.73 Å². The third-order valence-corrected chi connectivity index (χ3v) is 4.43. The number of nitrogens with two attached hydrogens (primary N) is 1. The summed E-state index contributed by atoms with van der Waals surface area (Å²) in [4.78, 5) is 2.45. The summed E-state index contributed by atoms with van der Waals surface area (Å²) in [7, 11) is 0. The highest BCUT2D eigenvalue weighted by molar-refractivity contribution is 5.31. The van der Waals surface area contributed by atoms with Gasteiger partial charge in [-0.05, 0) is 58.3 Å². The lowest BCUT2D eigenvalue weighted by Gasteiger charge is -2.42. The van der Waals surface area contributed by atoms with Gasteiger partial charge in [-0.1, -0.05) is 37.6 Å². The third kappa shape index (κ3) is 3.80.